The van der Waals surface area contributed by atoms with Crippen molar-refractivity contribution in [3.05, 3.63) is 29.3 Å². The number of carbonyl (C=O) groups excluding carboxylic acids is 1. The van der Waals surface area contributed by atoms with Crippen molar-refractivity contribution < 1.29 is 15.0 Å². The van der Waals surface area contributed by atoms with Gasteiger partial charge in [-0.15, -0.1) is 0 Å². The number of hydrogen-bond donors (Lipinski definition) is 3. The zero-order chi connectivity index (χ0) is 16.0. The second kappa shape index (κ2) is 7.57. The van der Waals surface area contributed by atoms with E-state index in [0.717, 1.165) is 29.9 Å². The maximum Gasteiger partial charge on any atom is 0.279 e. The Balaban J connectivity index is 2.43. The summed E-state index contributed by atoms with van der Waals surface area (Å²) in [6.45, 7) is 11.1. The number of hydrogen-bond acceptors (Lipinski definition) is 1. The Morgan fingerprint density at radius 3 is 2.57 bits per heavy atom. The van der Waals surface area contributed by atoms with E-state index in [-0.39, 0.29) is 11.3 Å². The topological polar surface area (TPSA) is 50.1 Å². The van der Waals surface area contributed by atoms with Crippen LogP contribution < -0.4 is 15.5 Å². The average molecular weight is 293 g/mol. The van der Waals surface area contributed by atoms with Crippen LogP contribution in [0.2, 0.25) is 0 Å². The summed E-state index contributed by atoms with van der Waals surface area (Å²) in [7, 11) is 4.32. The van der Waals surface area contributed by atoms with Crippen LogP contribution in [0, 0.1) is 19.3 Å². The van der Waals surface area contributed by atoms with E-state index in [4.69, 9.17) is 0 Å². The molecule has 0 unspecified atom stereocenters. The molecule has 0 fully saturated rings. The van der Waals surface area contributed by atoms with Crippen molar-refractivity contribution in [1.82, 2.24) is 0 Å². The van der Waals surface area contributed by atoms with E-state index < -0.39 is 0 Å². The van der Waals surface area contributed by atoms with Gasteiger partial charge in [0.25, 0.3) is 5.91 Å². The molecule has 1 rings (SSSR count). The highest BCUT2D eigenvalue weighted by Gasteiger charge is 2.24. The molecule has 0 radical (unpaired) electrons. The van der Waals surface area contributed by atoms with Crippen LogP contribution in [0.1, 0.15) is 25.0 Å². The number of carbonyl (C=O) groups is 1. The van der Waals surface area contributed by atoms with Gasteiger partial charge in [0.1, 0.15) is 0 Å². The summed E-state index contributed by atoms with van der Waals surface area (Å²) in [5.41, 5.74) is 3.42. The van der Waals surface area contributed by atoms with Crippen molar-refractivity contribution in [2.75, 3.05) is 39.0 Å². The second-order valence-electron chi connectivity index (χ2n) is 7.11. The van der Waals surface area contributed by atoms with E-state index in [1.807, 2.05) is 26.0 Å². The predicted octanol–water partition coefficient (Wildman–Crippen LogP) is -0.0240. The molecule has 0 aliphatic rings. The largest absolute Gasteiger partial charge is 0.339 e. The molecule has 4 N–H and O–H groups in total. The van der Waals surface area contributed by atoms with Gasteiger partial charge in [0.2, 0.25) is 0 Å². The standard InChI is InChI=1S/C17H29N3O/c1-13-7-8-14(2)15(9-13)19-16(21)10-18-11-17(3,4)12-20(5)6/h7-9,18H,10-12H2,1-6H3,(H,19,21)/p+2. The highest BCUT2D eigenvalue weighted by molar-refractivity contribution is 5.92. The van der Waals surface area contributed by atoms with Crippen LogP contribution in [0.25, 0.3) is 0 Å². The van der Waals surface area contributed by atoms with Crippen LogP contribution in [-0.2, 0) is 4.79 Å². The van der Waals surface area contributed by atoms with E-state index in [9.17, 15) is 4.79 Å². The molecular formula is C17H31N3O+2. The lowest BCUT2D eigenvalue weighted by molar-refractivity contribution is -0.868. The van der Waals surface area contributed by atoms with E-state index >= 15 is 0 Å². The van der Waals surface area contributed by atoms with Crippen molar-refractivity contribution >= 4 is 11.6 Å². The summed E-state index contributed by atoms with van der Waals surface area (Å²) in [6, 6.07) is 6.12. The first-order valence-electron chi connectivity index (χ1n) is 7.67. The molecule has 0 spiro atoms. The third kappa shape index (κ3) is 6.74. The average Bonchev–Trinajstić information content (AvgIpc) is 2.31. The smallest absolute Gasteiger partial charge is 0.279 e. The molecule has 118 valence electrons. The van der Waals surface area contributed by atoms with Gasteiger partial charge in [-0.05, 0) is 44.9 Å². The van der Waals surface area contributed by atoms with Gasteiger partial charge < -0.3 is 15.5 Å². The van der Waals surface area contributed by atoms with Crippen LogP contribution in [0.4, 0.5) is 5.69 Å². The monoisotopic (exact) mass is 293 g/mol. The third-order valence-corrected chi connectivity index (χ3v) is 3.53. The molecule has 0 atom stereocenters. The van der Waals surface area contributed by atoms with Gasteiger partial charge in [-0.25, -0.2) is 0 Å². The maximum absolute atomic E-state index is 12.0. The molecule has 0 heterocycles. The van der Waals surface area contributed by atoms with Crippen molar-refractivity contribution in [2.24, 2.45) is 5.41 Å². The zero-order valence-corrected chi connectivity index (χ0v) is 14.3. The van der Waals surface area contributed by atoms with Crippen LogP contribution in [0.15, 0.2) is 18.2 Å². The molecule has 1 aromatic rings. The van der Waals surface area contributed by atoms with Crippen molar-refractivity contribution in [3.8, 4) is 0 Å². The van der Waals surface area contributed by atoms with E-state index in [1.54, 1.807) is 0 Å². The Bertz CT molecular complexity index is 481. The number of anilines is 1. The Labute approximate surface area is 128 Å². The van der Waals surface area contributed by atoms with Crippen LogP contribution in [-0.4, -0.2) is 39.6 Å². The molecule has 0 aliphatic heterocycles. The lowest BCUT2D eigenvalue weighted by atomic mass is 9.93. The lowest BCUT2D eigenvalue weighted by Gasteiger charge is -2.23. The lowest BCUT2D eigenvalue weighted by Crippen LogP contribution is -3.08. The number of quaternary nitrogens is 2. The number of nitrogens with two attached hydrogens (primary N) is 1. The number of benzene rings is 1. The fourth-order valence-electron chi connectivity index (χ4n) is 2.70. The van der Waals surface area contributed by atoms with Gasteiger partial charge >= 0.3 is 0 Å². The third-order valence-electron chi connectivity index (χ3n) is 3.53. The van der Waals surface area contributed by atoms with Gasteiger partial charge in [-0.3, -0.25) is 4.79 Å². The minimum Gasteiger partial charge on any atom is -0.339 e. The summed E-state index contributed by atoms with van der Waals surface area (Å²) in [6.07, 6.45) is 0. The molecule has 4 heteroatoms. The fraction of sp³-hybridized carbons (Fsp3) is 0.588. The Kier molecular flexibility index (Phi) is 6.37. The molecule has 1 aromatic carbocycles. The quantitative estimate of drug-likeness (QED) is 0.650. The highest BCUT2D eigenvalue weighted by Crippen LogP contribution is 2.15. The number of aryl methyl sites for hydroxylation is 2. The summed E-state index contributed by atoms with van der Waals surface area (Å²) in [5.74, 6) is 0.0664. The number of rotatable bonds is 7. The molecule has 0 saturated carbocycles. The molecule has 0 saturated heterocycles. The van der Waals surface area contributed by atoms with Gasteiger partial charge in [-0.1, -0.05) is 12.1 Å². The van der Waals surface area contributed by atoms with Crippen molar-refractivity contribution in [3.63, 3.8) is 0 Å². The van der Waals surface area contributed by atoms with Crippen LogP contribution in [0.3, 0.4) is 0 Å². The van der Waals surface area contributed by atoms with E-state index in [2.05, 4.69) is 44.6 Å². The van der Waals surface area contributed by atoms with Gasteiger partial charge in [-0.2, -0.15) is 0 Å². The fourth-order valence-corrected chi connectivity index (χ4v) is 2.70. The van der Waals surface area contributed by atoms with Gasteiger partial charge in [0.05, 0.1) is 32.6 Å². The van der Waals surface area contributed by atoms with Gasteiger partial charge in [0.15, 0.2) is 6.54 Å². The Morgan fingerprint density at radius 1 is 1.29 bits per heavy atom. The minimum atomic E-state index is 0.0664. The Hall–Kier alpha value is -1.39. The van der Waals surface area contributed by atoms with E-state index in [0.29, 0.717) is 6.54 Å². The second-order valence-corrected chi connectivity index (χ2v) is 7.11. The van der Waals surface area contributed by atoms with Crippen molar-refractivity contribution in [1.29, 1.82) is 0 Å². The molecule has 4 nitrogen and oxygen atoms in total. The van der Waals surface area contributed by atoms with Crippen LogP contribution in [0.5, 0.6) is 0 Å². The first-order valence-corrected chi connectivity index (χ1v) is 7.67. The summed E-state index contributed by atoms with van der Waals surface area (Å²) in [5, 5.41) is 5.10. The van der Waals surface area contributed by atoms with Crippen LogP contribution >= 0.6 is 0 Å². The first-order chi connectivity index (χ1) is 9.69. The molecular weight excluding hydrogens is 262 g/mol. The maximum atomic E-state index is 12.0. The summed E-state index contributed by atoms with van der Waals surface area (Å²) < 4.78 is 0. The highest BCUT2D eigenvalue weighted by atomic mass is 16.1. The Morgan fingerprint density at radius 2 is 1.95 bits per heavy atom. The molecule has 21 heavy (non-hydrogen) atoms. The van der Waals surface area contributed by atoms with Crippen molar-refractivity contribution in [2.45, 2.75) is 27.7 Å². The zero-order valence-electron chi connectivity index (χ0n) is 14.3. The molecule has 1 amide bonds. The number of nitrogens with one attached hydrogen (secondary N) is 2. The molecule has 0 aromatic heterocycles. The molecule has 0 bridgehead atoms. The summed E-state index contributed by atoms with van der Waals surface area (Å²) >= 11 is 0. The normalized spacial score (nSPS) is 11.8. The van der Waals surface area contributed by atoms with Gasteiger partial charge in [0, 0.05) is 5.69 Å². The molecule has 0 aliphatic carbocycles. The first kappa shape index (κ1) is 17.7. The SMILES string of the molecule is Cc1ccc(C)c(NC(=O)C[NH2+]CC(C)(C)C[NH+](C)C)c1. The summed E-state index contributed by atoms with van der Waals surface area (Å²) in [4.78, 5) is 13.5. The number of amides is 1. The minimum absolute atomic E-state index is 0.0664. The van der Waals surface area contributed by atoms with E-state index in [1.165, 1.54) is 4.90 Å². The predicted molar refractivity (Wildman–Crippen MR) is 87.7 cm³/mol.